The van der Waals surface area contributed by atoms with Crippen molar-refractivity contribution in [1.82, 2.24) is 10.2 Å². The highest BCUT2D eigenvalue weighted by atomic mass is 16.6. The minimum atomic E-state index is -0.889. The molecule has 0 heterocycles. The van der Waals surface area contributed by atoms with Crippen LogP contribution in [-0.2, 0) is 14.3 Å². The number of likely N-dealkylation sites (N-methyl/N-ethyl adjacent to an activating group) is 1. The first-order valence-corrected chi connectivity index (χ1v) is 11.0. The number of nitrogens with zero attached hydrogens (tertiary/aromatic N) is 1. The molecular formula is C26H35N3O4. The predicted octanol–water partition coefficient (Wildman–Crippen LogP) is 4.66. The van der Waals surface area contributed by atoms with E-state index < -0.39 is 29.7 Å². The van der Waals surface area contributed by atoms with E-state index in [2.05, 4.69) is 10.6 Å². The van der Waals surface area contributed by atoms with Gasteiger partial charge in [0.2, 0.25) is 5.91 Å². The lowest BCUT2D eigenvalue weighted by Crippen LogP contribution is -2.49. The van der Waals surface area contributed by atoms with E-state index in [9.17, 15) is 14.4 Å². The van der Waals surface area contributed by atoms with Crippen LogP contribution in [0.1, 0.15) is 56.0 Å². The molecule has 33 heavy (non-hydrogen) atoms. The lowest BCUT2D eigenvalue weighted by molar-refractivity contribution is -0.138. The molecule has 2 N–H and O–H groups in total. The van der Waals surface area contributed by atoms with Gasteiger partial charge in [0.15, 0.2) is 0 Å². The van der Waals surface area contributed by atoms with Crippen LogP contribution in [0.2, 0.25) is 0 Å². The summed E-state index contributed by atoms with van der Waals surface area (Å²) in [6.07, 6.45) is -0.690. The molecule has 2 aromatic carbocycles. The number of para-hydroxylation sites is 1. The zero-order valence-electron chi connectivity index (χ0n) is 20.8. The Morgan fingerprint density at radius 2 is 1.61 bits per heavy atom. The van der Waals surface area contributed by atoms with Gasteiger partial charge in [-0.2, -0.15) is 0 Å². The van der Waals surface area contributed by atoms with E-state index in [0.29, 0.717) is 5.69 Å². The van der Waals surface area contributed by atoms with Gasteiger partial charge in [0.1, 0.15) is 17.7 Å². The summed E-state index contributed by atoms with van der Waals surface area (Å²) < 4.78 is 5.26. The molecule has 178 valence electrons. The van der Waals surface area contributed by atoms with Crippen molar-refractivity contribution in [2.24, 2.45) is 0 Å². The van der Waals surface area contributed by atoms with Crippen LogP contribution in [0, 0.1) is 20.8 Å². The molecule has 0 aromatic heterocycles. The standard InChI is InChI=1S/C26H35N3O4/c1-16-13-14-17(2)20(15-16)22(23(30)28-21-12-10-9-11-18(21)3)29(8)24(31)19(4)27-25(32)33-26(5,6)7/h9-15,19,22H,1-8H3,(H,27,32)(H,28,30). The molecule has 0 bridgehead atoms. The molecule has 0 spiro atoms. The number of aryl methyl sites for hydroxylation is 3. The molecule has 0 saturated heterocycles. The van der Waals surface area contributed by atoms with Crippen LogP contribution in [-0.4, -0.2) is 41.5 Å². The van der Waals surface area contributed by atoms with Crippen molar-refractivity contribution < 1.29 is 19.1 Å². The highest BCUT2D eigenvalue weighted by Gasteiger charge is 2.33. The van der Waals surface area contributed by atoms with Crippen molar-refractivity contribution in [3.63, 3.8) is 0 Å². The quantitative estimate of drug-likeness (QED) is 0.666. The molecule has 2 rings (SSSR count). The summed E-state index contributed by atoms with van der Waals surface area (Å²) in [6, 6.07) is 11.5. The van der Waals surface area contributed by atoms with Crippen molar-refractivity contribution >= 4 is 23.6 Å². The topological polar surface area (TPSA) is 87.7 Å². The number of alkyl carbamates (subject to hydrolysis) is 1. The zero-order valence-corrected chi connectivity index (χ0v) is 20.8. The fraction of sp³-hybridized carbons (Fsp3) is 0.423. The number of amides is 3. The summed E-state index contributed by atoms with van der Waals surface area (Å²) in [5.74, 6) is -0.745. The van der Waals surface area contributed by atoms with Crippen molar-refractivity contribution in [1.29, 1.82) is 0 Å². The smallest absolute Gasteiger partial charge is 0.408 e. The number of carbonyl (C=O) groups excluding carboxylic acids is 3. The summed E-state index contributed by atoms with van der Waals surface area (Å²) in [7, 11) is 1.57. The molecule has 2 atom stereocenters. The Bertz CT molecular complexity index is 1030. The van der Waals surface area contributed by atoms with Gasteiger partial charge >= 0.3 is 6.09 Å². The molecular weight excluding hydrogens is 418 g/mol. The first-order chi connectivity index (χ1) is 15.3. The monoisotopic (exact) mass is 453 g/mol. The van der Waals surface area contributed by atoms with Crippen LogP contribution in [0.5, 0.6) is 0 Å². The number of hydrogen-bond donors (Lipinski definition) is 2. The average Bonchev–Trinajstić information content (AvgIpc) is 2.70. The Morgan fingerprint density at radius 3 is 2.21 bits per heavy atom. The van der Waals surface area contributed by atoms with Crippen molar-refractivity contribution in [2.75, 3.05) is 12.4 Å². The number of nitrogens with one attached hydrogen (secondary N) is 2. The third-order valence-electron chi connectivity index (χ3n) is 5.22. The van der Waals surface area contributed by atoms with E-state index in [1.54, 1.807) is 34.7 Å². The van der Waals surface area contributed by atoms with E-state index >= 15 is 0 Å². The summed E-state index contributed by atoms with van der Waals surface area (Å²) in [4.78, 5) is 40.3. The van der Waals surface area contributed by atoms with Crippen LogP contribution in [0.15, 0.2) is 42.5 Å². The summed E-state index contributed by atoms with van der Waals surface area (Å²) in [6.45, 7) is 12.6. The Balaban J connectivity index is 2.35. The van der Waals surface area contributed by atoms with E-state index in [-0.39, 0.29) is 5.91 Å². The van der Waals surface area contributed by atoms with Gasteiger partial charge in [0.05, 0.1) is 0 Å². The van der Waals surface area contributed by atoms with Crippen LogP contribution in [0.4, 0.5) is 10.5 Å². The summed E-state index contributed by atoms with van der Waals surface area (Å²) >= 11 is 0. The van der Waals surface area contributed by atoms with Gasteiger partial charge in [-0.1, -0.05) is 42.0 Å². The van der Waals surface area contributed by atoms with Gasteiger partial charge in [0, 0.05) is 12.7 Å². The van der Waals surface area contributed by atoms with Gasteiger partial charge < -0.3 is 20.3 Å². The number of ether oxygens (including phenoxy) is 1. The molecule has 0 radical (unpaired) electrons. The normalized spacial score (nSPS) is 13.0. The first-order valence-electron chi connectivity index (χ1n) is 11.0. The third-order valence-corrected chi connectivity index (χ3v) is 5.22. The molecule has 0 aliphatic carbocycles. The van der Waals surface area contributed by atoms with Crippen LogP contribution in [0.3, 0.4) is 0 Å². The first kappa shape index (κ1) is 25.9. The zero-order chi connectivity index (χ0) is 24.9. The predicted molar refractivity (Wildman–Crippen MR) is 130 cm³/mol. The lowest BCUT2D eigenvalue weighted by atomic mass is 9.96. The lowest BCUT2D eigenvalue weighted by Gasteiger charge is -2.31. The second-order valence-electron chi connectivity index (χ2n) is 9.38. The molecule has 7 nitrogen and oxygen atoms in total. The van der Waals surface area contributed by atoms with Crippen molar-refractivity contribution in [3.05, 3.63) is 64.7 Å². The Kier molecular flexibility index (Phi) is 8.25. The minimum Gasteiger partial charge on any atom is -0.444 e. The molecule has 0 saturated carbocycles. The van der Waals surface area contributed by atoms with E-state index in [0.717, 1.165) is 22.3 Å². The largest absolute Gasteiger partial charge is 0.444 e. The fourth-order valence-electron chi connectivity index (χ4n) is 3.47. The second-order valence-corrected chi connectivity index (χ2v) is 9.38. The van der Waals surface area contributed by atoms with E-state index in [1.165, 1.54) is 4.90 Å². The Labute approximate surface area is 196 Å². The average molecular weight is 454 g/mol. The highest BCUT2D eigenvalue weighted by Crippen LogP contribution is 2.27. The number of carbonyl (C=O) groups is 3. The van der Waals surface area contributed by atoms with Gasteiger partial charge in [0.25, 0.3) is 5.91 Å². The summed E-state index contributed by atoms with van der Waals surface area (Å²) in [5.41, 5.74) is 3.50. The SMILES string of the molecule is Cc1ccc(C)c(C(C(=O)Nc2ccccc2C)N(C)C(=O)C(C)NC(=O)OC(C)(C)C)c1. The van der Waals surface area contributed by atoms with Crippen LogP contribution < -0.4 is 10.6 Å². The summed E-state index contributed by atoms with van der Waals surface area (Å²) in [5, 5.41) is 5.52. The van der Waals surface area contributed by atoms with Gasteiger partial charge in [-0.15, -0.1) is 0 Å². The van der Waals surface area contributed by atoms with E-state index in [4.69, 9.17) is 4.74 Å². The number of rotatable bonds is 6. The number of anilines is 1. The Morgan fingerprint density at radius 1 is 0.970 bits per heavy atom. The number of hydrogen-bond acceptors (Lipinski definition) is 4. The van der Waals surface area contributed by atoms with Gasteiger partial charge in [-0.05, 0) is 71.2 Å². The fourth-order valence-corrected chi connectivity index (χ4v) is 3.47. The molecule has 0 aliphatic heterocycles. The third kappa shape index (κ3) is 7.07. The maximum atomic E-state index is 13.5. The maximum Gasteiger partial charge on any atom is 0.408 e. The van der Waals surface area contributed by atoms with E-state index in [1.807, 2.05) is 63.2 Å². The number of benzene rings is 2. The second kappa shape index (κ2) is 10.5. The molecule has 0 fully saturated rings. The van der Waals surface area contributed by atoms with Crippen LogP contribution >= 0.6 is 0 Å². The van der Waals surface area contributed by atoms with Crippen LogP contribution in [0.25, 0.3) is 0 Å². The minimum absolute atomic E-state index is 0.335. The molecule has 3 amide bonds. The molecule has 2 unspecified atom stereocenters. The molecule has 0 aliphatic rings. The van der Waals surface area contributed by atoms with Crippen molar-refractivity contribution in [3.8, 4) is 0 Å². The highest BCUT2D eigenvalue weighted by molar-refractivity contribution is 5.99. The van der Waals surface area contributed by atoms with Crippen molar-refractivity contribution in [2.45, 2.75) is 66.2 Å². The van der Waals surface area contributed by atoms with Gasteiger partial charge in [-0.25, -0.2) is 4.79 Å². The Hall–Kier alpha value is -3.35. The molecule has 7 heteroatoms. The maximum absolute atomic E-state index is 13.5. The molecule has 2 aromatic rings. The van der Waals surface area contributed by atoms with Gasteiger partial charge in [-0.3, -0.25) is 9.59 Å².